The molecule has 1 N–H and O–H groups in total. The van der Waals surface area contributed by atoms with Crippen LogP contribution in [0.15, 0.2) is 42.5 Å². The van der Waals surface area contributed by atoms with Gasteiger partial charge in [-0.05, 0) is 42.2 Å². The van der Waals surface area contributed by atoms with Gasteiger partial charge in [0.05, 0.1) is 0 Å². The molecule has 1 aliphatic heterocycles. The van der Waals surface area contributed by atoms with Gasteiger partial charge in [-0.25, -0.2) is 4.79 Å². The topological polar surface area (TPSA) is 32.3 Å². The predicted molar refractivity (Wildman–Crippen MR) is 85.8 cm³/mol. The standard InChI is InChI=1S/C17H17ClN2O/c1-12-6-7-15(10-16(12)18)19-17(21)20-9-8-13-4-2-3-5-14(13)11-20/h2-7,10H,8-9,11H2,1H3,(H,19,21). The summed E-state index contributed by atoms with van der Waals surface area (Å²) in [5, 5.41) is 3.58. The maximum Gasteiger partial charge on any atom is 0.322 e. The fourth-order valence-electron chi connectivity index (χ4n) is 2.54. The summed E-state index contributed by atoms with van der Waals surface area (Å²) in [6.07, 6.45) is 0.901. The Morgan fingerprint density at radius 3 is 2.71 bits per heavy atom. The third-order valence-corrected chi connectivity index (χ3v) is 4.25. The van der Waals surface area contributed by atoms with Crippen molar-refractivity contribution in [2.45, 2.75) is 19.9 Å². The van der Waals surface area contributed by atoms with Crippen molar-refractivity contribution in [2.75, 3.05) is 11.9 Å². The van der Waals surface area contributed by atoms with E-state index in [2.05, 4.69) is 17.4 Å². The number of amides is 2. The number of hydrogen-bond acceptors (Lipinski definition) is 1. The number of aryl methyl sites for hydroxylation is 1. The fourth-order valence-corrected chi connectivity index (χ4v) is 2.72. The molecule has 4 heteroatoms. The van der Waals surface area contributed by atoms with E-state index < -0.39 is 0 Å². The summed E-state index contributed by atoms with van der Waals surface area (Å²) in [6, 6.07) is 13.8. The molecule has 3 nitrogen and oxygen atoms in total. The van der Waals surface area contributed by atoms with Crippen LogP contribution in [-0.4, -0.2) is 17.5 Å². The van der Waals surface area contributed by atoms with E-state index >= 15 is 0 Å². The van der Waals surface area contributed by atoms with E-state index in [0.29, 0.717) is 11.6 Å². The van der Waals surface area contributed by atoms with Crippen LogP contribution in [-0.2, 0) is 13.0 Å². The monoisotopic (exact) mass is 300 g/mol. The Hall–Kier alpha value is -2.00. The molecule has 0 aliphatic carbocycles. The largest absolute Gasteiger partial charge is 0.322 e. The minimum Gasteiger partial charge on any atom is -0.320 e. The molecule has 2 amide bonds. The average molecular weight is 301 g/mol. The molecule has 0 atom stereocenters. The first kappa shape index (κ1) is 14.0. The van der Waals surface area contributed by atoms with E-state index in [1.165, 1.54) is 11.1 Å². The number of carbonyl (C=O) groups excluding carboxylic acids is 1. The first-order valence-corrected chi connectivity index (χ1v) is 7.40. The zero-order chi connectivity index (χ0) is 14.8. The molecule has 0 saturated carbocycles. The number of halogens is 1. The molecular weight excluding hydrogens is 284 g/mol. The van der Waals surface area contributed by atoms with Gasteiger partial charge in [0, 0.05) is 23.8 Å². The highest BCUT2D eigenvalue weighted by Gasteiger charge is 2.20. The van der Waals surface area contributed by atoms with Crippen molar-refractivity contribution in [3.8, 4) is 0 Å². The van der Waals surface area contributed by atoms with Crippen LogP contribution >= 0.6 is 11.6 Å². The summed E-state index contributed by atoms with van der Waals surface area (Å²) in [4.78, 5) is 14.2. The van der Waals surface area contributed by atoms with Gasteiger partial charge in [0.25, 0.3) is 0 Å². The molecule has 2 aromatic carbocycles. The van der Waals surface area contributed by atoms with E-state index in [1.54, 1.807) is 6.07 Å². The number of carbonyl (C=O) groups is 1. The predicted octanol–water partition coefficient (Wildman–Crippen LogP) is 4.24. The van der Waals surface area contributed by atoms with Crippen LogP contribution in [0.4, 0.5) is 10.5 Å². The van der Waals surface area contributed by atoms with Crippen molar-refractivity contribution >= 4 is 23.3 Å². The molecule has 0 aromatic heterocycles. The van der Waals surface area contributed by atoms with Crippen molar-refractivity contribution in [3.05, 3.63) is 64.2 Å². The molecule has 0 saturated heterocycles. The summed E-state index contributed by atoms with van der Waals surface area (Å²) in [5.41, 5.74) is 4.29. The van der Waals surface area contributed by atoms with Gasteiger partial charge in [-0.1, -0.05) is 41.9 Å². The van der Waals surface area contributed by atoms with Crippen LogP contribution in [0.3, 0.4) is 0 Å². The lowest BCUT2D eigenvalue weighted by Gasteiger charge is -2.29. The van der Waals surface area contributed by atoms with Crippen LogP contribution in [0.2, 0.25) is 5.02 Å². The van der Waals surface area contributed by atoms with E-state index in [0.717, 1.165) is 24.2 Å². The third-order valence-electron chi connectivity index (χ3n) is 3.84. The molecule has 2 aromatic rings. The highest BCUT2D eigenvalue weighted by atomic mass is 35.5. The highest BCUT2D eigenvalue weighted by molar-refractivity contribution is 6.31. The number of benzene rings is 2. The second-order valence-corrected chi connectivity index (χ2v) is 5.74. The van der Waals surface area contributed by atoms with E-state index in [4.69, 9.17) is 11.6 Å². The molecule has 21 heavy (non-hydrogen) atoms. The Bertz CT molecular complexity index is 684. The van der Waals surface area contributed by atoms with E-state index in [1.807, 2.05) is 36.1 Å². The van der Waals surface area contributed by atoms with Gasteiger partial charge in [-0.3, -0.25) is 0 Å². The van der Waals surface area contributed by atoms with E-state index in [9.17, 15) is 4.79 Å². The third kappa shape index (κ3) is 3.03. The summed E-state index contributed by atoms with van der Waals surface area (Å²) in [7, 11) is 0. The minimum atomic E-state index is -0.0792. The quantitative estimate of drug-likeness (QED) is 0.839. The zero-order valence-electron chi connectivity index (χ0n) is 11.9. The molecule has 0 fully saturated rings. The van der Waals surface area contributed by atoms with Crippen molar-refractivity contribution < 1.29 is 4.79 Å². The van der Waals surface area contributed by atoms with Crippen molar-refractivity contribution in [2.24, 2.45) is 0 Å². The molecule has 108 valence electrons. The SMILES string of the molecule is Cc1ccc(NC(=O)N2CCc3ccccc3C2)cc1Cl. The van der Waals surface area contributed by atoms with E-state index in [-0.39, 0.29) is 6.03 Å². The molecule has 3 rings (SSSR count). The van der Waals surface area contributed by atoms with Crippen molar-refractivity contribution in [1.29, 1.82) is 0 Å². The molecule has 0 unspecified atom stereocenters. The van der Waals surface area contributed by atoms with Crippen LogP contribution in [0.5, 0.6) is 0 Å². The Morgan fingerprint density at radius 2 is 1.95 bits per heavy atom. The zero-order valence-corrected chi connectivity index (χ0v) is 12.7. The van der Waals surface area contributed by atoms with Crippen LogP contribution in [0.25, 0.3) is 0 Å². The number of rotatable bonds is 1. The maximum atomic E-state index is 12.3. The first-order valence-electron chi connectivity index (χ1n) is 7.02. The summed E-state index contributed by atoms with van der Waals surface area (Å²) >= 11 is 6.09. The summed E-state index contributed by atoms with van der Waals surface area (Å²) < 4.78 is 0. The normalized spacial score (nSPS) is 13.7. The minimum absolute atomic E-state index is 0.0792. The Kier molecular flexibility index (Phi) is 3.84. The van der Waals surface area contributed by atoms with Gasteiger partial charge < -0.3 is 10.2 Å². The summed E-state index contributed by atoms with van der Waals surface area (Å²) in [5.74, 6) is 0. The number of hydrogen-bond donors (Lipinski definition) is 1. The lowest BCUT2D eigenvalue weighted by molar-refractivity contribution is 0.206. The number of nitrogens with one attached hydrogen (secondary N) is 1. The number of urea groups is 1. The van der Waals surface area contributed by atoms with Crippen LogP contribution in [0, 0.1) is 6.92 Å². The lowest BCUT2D eigenvalue weighted by atomic mass is 10.0. The fraction of sp³-hybridized carbons (Fsp3) is 0.235. The maximum absolute atomic E-state index is 12.3. The Balaban J connectivity index is 1.70. The average Bonchev–Trinajstić information content (AvgIpc) is 2.50. The molecular formula is C17H17ClN2O. The molecule has 1 heterocycles. The lowest BCUT2D eigenvalue weighted by Crippen LogP contribution is -2.38. The van der Waals surface area contributed by atoms with Gasteiger partial charge in [0.15, 0.2) is 0 Å². The molecule has 0 spiro atoms. The second kappa shape index (κ2) is 5.78. The second-order valence-electron chi connectivity index (χ2n) is 5.33. The van der Waals surface area contributed by atoms with Crippen LogP contribution < -0.4 is 5.32 Å². The number of anilines is 1. The van der Waals surface area contributed by atoms with Gasteiger partial charge >= 0.3 is 6.03 Å². The summed E-state index contributed by atoms with van der Waals surface area (Å²) in [6.45, 7) is 3.33. The highest BCUT2D eigenvalue weighted by Crippen LogP contribution is 2.22. The molecule has 0 bridgehead atoms. The van der Waals surface area contributed by atoms with Gasteiger partial charge in [-0.2, -0.15) is 0 Å². The van der Waals surface area contributed by atoms with Gasteiger partial charge in [-0.15, -0.1) is 0 Å². The number of nitrogens with zero attached hydrogens (tertiary/aromatic N) is 1. The van der Waals surface area contributed by atoms with Gasteiger partial charge in [0.2, 0.25) is 0 Å². The van der Waals surface area contributed by atoms with Crippen LogP contribution in [0.1, 0.15) is 16.7 Å². The molecule has 1 aliphatic rings. The van der Waals surface area contributed by atoms with Gasteiger partial charge in [0.1, 0.15) is 0 Å². The van der Waals surface area contributed by atoms with Crippen molar-refractivity contribution in [3.63, 3.8) is 0 Å². The molecule has 0 radical (unpaired) electrons. The smallest absolute Gasteiger partial charge is 0.320 e. The Morgan fingerprint density at radius 1 is 1.19 bits per heavy atom. The number of fused-ring (bicyclic) bond motifs is 1. The van der Waals surface area contributed by atoms with Crippen molar-refractivity contribution in [1.82, 2.24) is 4.90 Å². The first-order chi connectivity index (χ1) is 10.1. The Labute approximate surface area is 129 Å².